The van der Waals surface area contributed by atoms with E-state index in [4.69, 9.17) is 18.9 Å². The summed E-state index contributed by atoms with van der Waals surface area (Å²) in [6.07, 6.45) is 18.7. The molecule has 4 heterocycles. The fraction of sp³-hybridized carbons (Fsp3) is 0.639. The summed E-state index contributed by atoms with van der Waals surface area (Å²) in [7, 11) is 0. The maximum absolute atomic E-state index is 14.1. The zero-order chi connectivity index (χ0) is 30.2. The number of carbonyl (C=O) groups excluding carboxylic acids is 1. The molecule has 0 aromatic carbocycles. The third kappa shape index (κ3) is 5.93. The van der Waals surface area contributed by atoms with Gasteiger partial charge in [0.1, 0.15) is 17.6 Å². The van der Waals surface area contributed by atoms with Crippen molar-refractivity contribution < 1.29 is 28.8 Å². The lowest BCUT2D eigenvalue weighted by Gasteiger charge is -2.48. The predicted octanol–water partition coefficient (Wildman–Crippen LogP) is 6.78. The van der Waals surface area contributed by atoms with Gasteiger partial charge >= 0.3 is 5.97 Å². The van der Waals surface area contributed by atoms with Crippen LogP contribution in [0.3, 0.4) is 0 Å². The van der Waals surface area contributed by atoms with Crippen LogP contribution in [-0.2, 0) is 23.7 Å². The van der Waals surface area contributed by atoms with E-state index in [1.807, 2.05) is 37.3 Å². The first-order valence-corrected chi connectivity index (χ1v) is 15.9. The number of aliphatic hydroxyl groups is 1. The van der Waals surface area contributed by atoms with Crippen molar-refractivity contribution in [2.45, 2.75) is 109 Å². The van der Waals surface area contributed by atoms with Gasteiger partial charge in [-0.2, -0.15) is 0 Å². The highest BCUT2D eigenvalue weighted by molar-refractivity contribution is 5.78. The third-order valence-corrected chi connectivity index (χ3v) is 10.3. The Hall–Kier alpha value is -2.25. The maximum atomic E-state index is 14.1. The summed E-state index contributed by atoms with van der Waals surface area (Å²) >= 11 is 0. The number of hydrogen-bond acceptors (Lipinski definition) is 6. The zero-order valence-corrected chi connectivity index (χ0v) is 26.3. The lowest BCUT2D eigenvalue weighted by Crippen LogP contribution is -2.56. The predicted molar refractivity (Wildman–Crippen MR) is 164 cm³/mol. The number of rotatable bonds is 3. The average molecular weight is 579 g/mol. The molecule has 0 aromatic rings. The summed E-state index contributed by atoms with van der Waals surface area (Å²) < 4.78 is 26.0. The van der Waals surface area contributed by atoms with Crippen molar-refractivity contribution in [3.8, 4) is 0 Å². The van der Waals surface area contributed by atoms with Crippen molar-refractivity contribution in [2.75, 3.05) is 6.61 Å². The Bertz CT molecular complexity index is 1190. The molecule has 4 aliphatic heterocycles. The molecule has 0 radical (unpaired) electrons. The van der Waals surface area contributed by atoms with Crippen LogP contribution in [0.4, 0.5) is 0 Å². The minimum absolute atomic E-state index is 0.0157. The average Bonchev–Trinajstić information content (AvgIpc) is 3.29. The molecular weight excluding hydrogens is 528 g/mol. The van der Waals surface area contributed by atoms with E-state index in [0.717, 1.165) is 24.0 Å². The number of allylic oxidation sites excluding steroid dienone is 4. The van der Waals surface area contributed by atoms with E-state index >= 15 is 0 Å². The first-order chi connectivity index (χ1) is 20.0. The van der Waals surface area contributed by atoms with E-state index in [1.165, 1.54) is 5.57 Å². The van der Waals surface area contributed by atoms with Crippen molar-refractivity contribution in [1.82, 2.24) is 0 Å². The fourth-order valence-corrected chi connectivity index (χ4v) is 7.45. The van der Waals surface area contributed by atoms with E-state index in [-0.39, 0.29) is 30.7 Å². The summed E-state index contributed by atoms with van der Waals surface area (Å²) in [6.45, 7) is 17.1. The first kappa shape index (κ1) is 31.2. The van der Waals surface area contributed by atoms with Gasteiger partial charge in [0.15, 0.2) is 5.79 Å². The van der Waals surface area contributed by atoms with Crippen LogP contribution in [-0.4, -0.2) is 53.5 Å². The normalized spacial score (nSPS) is 46.4. The second kappa shape index (κ2) is 12.4. The highest BCUT2D eigenvalue weighted by atomic mass is 16.7. The minimum Gasteiger partial charge on any atom is -0.462 e. The number of fused-ring (bicyclic) bond motifs is 2. The highest BCUT2D eigenvalue weighted by Gasteiger charge is 2.59. The van der Waals surface area contributed by atoms with E-state index in [9.17, 15) is 9.90 Å². The molecule has 1 aliphatic carbocycles. The molecule has 2 fully saturated rings. The van der Waals surface area contributed by atoms with Gasteiger partial charge in [-0.05, 0) is 50.2 Å². The summed E-state index contributed by atoms with van der Waals surface area (Å²) in [5, 5.41) is 12.3. The Balaban J connectivity index is 1.53. The quantitative estimate of drug-likeness (QED) is 0.294. The van der Waals surface area contributed by atoms with Gasteiger partial charge < -0.3 is 24.1 Å². The summed E-state index contributed by atoms with van der Waals surface area (Å²) in [5.74, 6) is -1.57. The van der Waals surface area contributed by atoms with Crippen molar-refractivity contribution in [3.05, 3.63) is 71.9 Å². The van der Waals surface area contributed by atoms with E-state index < -0.39 is 35.5 Å². The van der Waals surface area contributed by atoms with Crippen LogP contribution in [0.25, 0.3) is 0 Å². The van der Waals surface area contributed by atoms with Gasteiger partial charge in [0, 0.05) is 24.7 Å². The molecule has 2 bridgehead atoms. The Morgan fingerprint density at radius 1 is 1.19 bits per heavy atom. The molecule has 0 saturated carbocycles. The van der Waals surface area contributed by atoms with E-state index in [0.29, 0.717) is 31.1 Å². The SMILES string of the molecule is C=C[C@H]1C=C[C@]2(CC3CC(C/C=C(\C)C[C@@H](C)/C=C/C=C4\COC5C(C)C(C)=C[C@@H](C(=O)O3)[C@]45O)O2)OC1[C@@H](C)CC. The third-order valence-electron chi connectivity index (χ3n) is 10.3. The maximum Gasteiger partial charge on any atom is 0.316 e. The van der Waals surface area contributed by atoms with E-state index in [1.54, 1.807) is 0 Å². The van der Waals surface area contributed by atoms with Crippen molar-refractivity contribution >= 4 is 5.97 Å². The van der Waals surface area contributed by atoms with Crippen LogP contribution in [0.1, 0.15) is 73.6 Å². The Kier molecular flexibility index (Phi) is 9.20. The van der Waals surface area contributed by atoms with Gasteiger partial charge in [0.2, 0.25) is 0 Å². The second-order valence-electron chi connectivity index (χ2n) is 13.5. The van der Waals surface area contributed by atoms with Crippen LogP contribution in [0, 0.1) is 29.6 Å². The molecule has 42 heavy (non-hydrogen) atoms. The van der Waals surface area contributed by atoms with Crippen LogP contribution >= 0.6 is 0 Å². The van der Waals surface area contributed by atoms with Crippen LogP contribution in [0.2, 0.25) is 0 Å². The summed E-state index contributed by atoms with van der Waals surface area (Å²) in [6, 6.07) is 0. The summed E-state index contributed by atoms with van der Waals surface area (Å²) in [5.41, 5.74) is 1.58. The van der Waals surface area contributed by atoms with E-state index in [2.05, 4.69) is 59.4 Å². The Morgan fingerprint density at radius 3 is 2.71 bits per heavy atom. The van der Waals surface area contributed by atoms with Crippen LogP contribution in [0.15, 0.2) is 71.9 Å². The molecule has 1 spiro atoms. The lowest BCUT2D eigenvalue weighted by atomic mass is 9.68. The molecule has 5 unspecified atom stereocenters. The van der Waals surface area contributed by atoms with Gasteiger partial charge in [-0.3, -0.25) is 4.79 Å². The number of esters is 1. The number of hydrogen-bond donors (Lipinski definition) is 1. The van der Waals surface area contributed by atoms with Crippen LogP contribution < -0.4 is 0 Å². The molecule has 11 atom stereocenters. The largest absolute Gasteiger partial charge is 0.462 e. The molecule has 5 aliphatic rings. The molecule has 0 amide bonds. The van der Waals surface area contributed by atoms with Gasteiger partial charge in [-0.1, -0.05) is 87.8 Å². The Labute approximate surface area is 252 Å². The molecule has 5 rings (SSSR count). The Morgan fingerprint density at radius 2 is 1.98 bits per heavy atom. The summed E-state index contributed by atoms with van der Waals surface area (Å²) in [4.78, 5) is 14.1. The van der Waals surface area contributed by atoms with Crippen molar-refractivity contribution in [3.63, 3.8) is 0 Å². The van der Waals surface area contributed by atoms with Gasteiger partial charge in [0.05, 0.1) is 24.9 Å². The van der Waals surface area contributed by atoms with Crippen molar-refractivity contribution in [1.29, 1.82) is 0 Å². The van der Waals surface area contributed by atoms with Gasteiger partial charge in [0.25, 0.3) is 0 Å². The van der Waals surface area contributed by atoms with Gasteiger partial charge in [-0.25, -0.2) is 0 Å². The molecule has 230 valence electrons. The molecule has 6 heteroatoms. The molecule has 1 N–H and O–H groups in total. The van der Waals surface area contributed by atoms with Crippen LogP contribution in [0.5, 0.6) is 0 Å². The monoisotopic (exact) mass is 578 g/mol. The highest BCUT2D eigenvalue weighted by Crippen LogP contribution is 2.48. The lowest BCUT2D eigenvalue weighted by molar-refractivity contribution is -0.299. The number of ether oxygens (including phenoxy) is 4. The molecule has 2 saturated heterocycles. The molecule has 6 nitrogen and oxygen atoms in total. The number of carbonyl (C=O) groups is 1. The first-order valence-electron chi connectivity index (χ1n) is 15.9. The van der Waals surface area contributed by atoms with Gasteiger partial charge in [-0.15, -0.1) is 6.58 Å². The second-order valence-corrected chi connectivity index (χ2v) is 13.5. The van der Waals surface area contributed by atoms with Crippen molar-refractivity contribution in [2.24, 2.45) is 29.6 Å². The fourth-order valence-electron chi connectivity index (χ4n) is 7.45. The smallest absolute Gasteiger partial charge is 0.316 e. The minimum atomic E-state index is -1.46. The molecular formula is C36H50O6. The zero-order valence-electron chi connectivity index (χ0n) is 26.3. The topological polar surface area (TPSA) is 74.2 Å². The molecule has 0 aromatic heterocycles. The standard InChI is InChI=1S/C36H50O6/c1-8-24(5)32-27(9-2)15-16-35(42-32)20-30-19-29(41-35)14-13-23(4)17-22(3)11-10-12-28-21-39-33-26(7)25(6)18-31(34(37)40-30)36(28,33)38/h9-13,15-16,18,22,24,26-27,29-33,38H,2,8,14,17,19-21H2,1,3-7H3/b11-10+,23-13+,28-12+/t22-,24-,26?,27-,29?,30?,31-,32?,33?,35+,36+/m0/s1.